The largest absolute Gasteiger partial charge is 0.454 e. The number of carbonyl (C=O) groups is 1. The Hall–Kier alpha value is -4.73. The summed E-state index contributed by atoms with van der Waals surface area (Å²) < 4.78 is 32.6. The van der Waals surface area contributed by atoms with Crippen LogP contribution < -0.4 is 21.1 Å². The molecule has 0 atom stereocenters. The van der Waals surface area contributed by atoms with Crippen LogP contribution >= 0.6 is 0 Å². The third kappa shape index (κ3) is 3.97. The van der Waals surface area contributed by atoms with E-state index in [2.05, 4.69) is 25.6 Å². The SMILES string of the molecule is O=C(Nc1ccc(F)c(F)c1)Nc1ccc(Oc2ccnc3[nH]c(=O)[nH]c23)c2ccccc12. The molecule has 2 heterocycles. The van der Waals surface area contributed by atoms with Gasteiger partial charge in [-0.15, -0.1) is 0 Å². The molecule has 4 N–H and O–H groups in total. The number of nitrogens with zero attached hydrogens (tertiary/aromatic N) is 1. The quantitative estimate of drug-likeness (QED) is 0.306. The minimum Gasteiger partial charge on any atom is -0.454 e. The number of halogens is 2. The summed E-state index contributed by atoms with van der Waals surface area (Å²) in [7, 11) is 0. The number of H-pyrrole nitrogens is 2. The van der Waals surface area contributed by atoms with Crippen LogP contribution in [-0.2, 0) is 0 Å². The van der Waals surface area contributed by atoms with E-state index >= 15 is 0 Å². The first-order valence-corrected chi connectivity index (χ1v) is 9.77. The molecule has 0 saturated carbocycles. The fourth-order valence-corrected chi connectivity index (χ4v) is 3.44. The highest BCUT2D eigenvalue weighted by Crippen LogP contribution is 2.35. The third-order valence-corrected chi connectivity index (χ3v) is 4.91. The second-order valence-corrected chi connectivity index (χ2v) is 7.08. The standard InChI is InChI=1S/C23H15F2N5O3/c24-15-6-5-12(11-16(15)25)27-22(31)28-17-7-8-18(14-4-2-1-3-13(14)17)33-19-9-10-26-21-20(19)29-23(32)30-21/h1-11H,(H2,27,28,31)(H2,26,29,30,32). The summed E-state index contributed by atoms with van der Waals surface area (Å²) in [6.07, 6.45) is 1.52. The van der Waals surface area contributed by atoms with E-state index in [1.54, 1.807) is 30.3 Å². The number of amides is 2. The zero-order valence-corrected chi connectivity index (χ0v) is 16.8. The Morgan fingerprint density at radius 1 is 0.879 bits per heavy atom. The molecule has 8 nitrogen and oxygen atoms in total. The molecule has 2 amide bonds. The van der Waals surface area contributed by atoms with Crippen molar-refractivity contribution in [3.8, 4) is 11.5 Å². The Bertz CT molecular complexity index is 1580. The van der Waals surface area contributed by atoms with Crippen molar-refractivity contribution in [1.29, 1.82) is 0 Å². The molecule has 0 aliphatic carbocycles. The first kappa shape index (κ1) is 20.2. The number of hydrogen-bond donors (Lipinski definition) is 4. The fourth-order valence-electron chi connectivity index (χ4n) is 3.44. The molecule has 0 bridgehead atoms. The van der Waals surface area contributed by atoms with Crippen LogP contribution in [0.4, 0.5) is 25.0 Å². The van der Waals surface area contributed by atoms with Crippen LogP contribution in [0.3, 0.4) is 0 Å². The van der Waals surface area contributed by atoms with Crippen LogP contribution in [0.5, 0.6) is 11.5 Å². The Morgan fingerprint density at radius 3 is 2.52 bits per heavy atom. The molecule has 0 aliphatic heterocycles. The monoisotopic (exact) mass is 447 g/mol. The number of aromatic amines is 2. The second-order valence-electron chi connectivity index (χ2n) is 7.08. The average molecular weight is 447 g/mol. The number of pyridine rings is 1. The van der Waals surface area contributed by atoms with Gasteiger partial charge < -0.3 is 20.4 Å². The molecule has 5 rings (SSSR count). The molecule has 0 spiro atoms. The van der Waals surface area contributed by atoms with E-state index in [1.165, 1.54) is 12.3 Å². The molecule has 2 aromatic heterocycles. The van der Waals surface area contributed by atoms with Gasteiger partial charge in [-0.25, -0.2) is 23.4 Å². The number of aromatic nitrogens is 3. The first-order chi connectivity index (χ1) is 16.0. The van der Waals surface area contributed by atoms with Gasteiger partial charge >= 0.3 is 11.7 Å². The highest BCUT2D eigenvalue weighted by atomic mass is 19.2. The van der Waals surface area contributed by atoms with Crippen molar-refractivity contribution in [1.82, 2.24) is 15.0 Å². The van der Waals surface area contributed by atoms with Crippen LogP contribution in [0.2, 0.25) is 0 Å². The van der Waals surface area contributed by atoms with Gasteiger partial charge in [-0.2, -0.15) is 0 Å². The van der Waals surface area contributed by atoms with Crippen molar-refractivity contribution in [3.63, 3.8) is 0 Å². The van der Waals surface area contributed by atoms with Crippen molar-refractivity contribution in [2.24, 2.45) is 0 Å². The van der Waals surface area contributed by atoms with Gasteiger partial charge in [0, 0.05) is 34.8 Å². The first-order valence-electron chi connectivity index (χ1n) is 9.77. The van der Waals surface area contributed by atoms with Crippen molar-refractivity contribution < 1.29 is 18.3 Å². The predicted molar refractivity (Wildman–Crippen MR) is 120 cm³/mol. The van der Waals surface area contributed by atoms with Crippen molar-refractivity contribution in [2.75, 3.05) is 10.6 Å². The summed E-state index contributed by atoms with van der Waals surface area (Å²) in [6.45, 7) is 0. The third-order valence-electron chi connectivity index (χ3n) is 4.91. The lowest BCUT2D eigenvalue weighted by atomic mass is 10.1. The molecule has 0 radical (unpaired) electrons. The van der Waals surface area contributed by atoms with Crippen molar-refractivity contribution in [2.45, 2.75) is 0 Å². The average Bonchev–Trinajstić information content (AvgIpc) is 3.19. The lowest BCUT2D eigenvalue weighted by Gasteiger charge is -2.14. The summed E-state index contributed by atoms with van der Waals surface area (Å²) >= 11 is 0. The molecule has 0 fully saturated rings. The number of ether oxygens (including phenoxy) is 1. The van der Waals surface area contributed by atoms with Gasteiger partial charge in [-0.05, 0) is 24.3 Å². The summed E-state index contributed by atoms with van der Waals surface area (Å²) in [5.74, 6) is -1.17. The van der Waals surface area contributed by atoms with E-state index in [9.17, 15) is 18.4 Å². The summed E-state index contributed by atoms with van der Waals surface area (Å²) in [5, 5.41) is 6.56. The Balaban J connectivity index is 1.44. The number of carbonyl (C=O) groups excluding carboxylic acids is 1. The lowest BCUT2D eigenvalue weighted by molar-refractivity contribution is 0.262. The van der Waals surface area contributed by atoms with Crippen molar-refractivity contribution in [3.05, 3.63) is 89.0 Å². The van der Waals surface area contributed by atoms with E-state index in [0.717, 1.165) is 12.1 Å². The number of hydrogen-bond acceptors (Lipinski definition) is 4. The molecule has 164 valence electrons. The van der Waals surface area contributed by atoms with Crippen LogP contribution in [-0.4, -0.2) is 21.0 Å². The maximum atomic E-state index is 13.4. The zero-order chi connectivity index (χ0) is 22.9. The van der Waals surface area contributed by atoms with Gasteiger partial charge in [0.2, 0.25) is 0 Å². The van der Waals surface area contributed by atoms with Gasteiger partial charge in [0.05, 0.1) is 5.69 Å². The number of urea groups is 1. The Kier molecular flexibility index (Phi) is 4.94. The highest BCUT2D eigenvalue weighted by molar-refractivity contribution is 6.07. The van der Waals surface area contributed by atoms with Gasteiger partial charge in [-0.1, -0.05) is 24.3 Å². The van der Waals surface area contributed by atoms with Gasteiger partial charge in [0.15, 0.2) is 23.0 Å². The molecule has 3 aromatic carbocycles. The number of anilines is 2. The van der Waals surface area contributed by atoms with Gasteiger partial charge in [0.25, 0.3) is 0 Å². The molecular formula is C23H15F2N5O3. The van der Waals surface area contributed by atoms with Crippen LogP contribution in [0.15, 0.2) is 71.7 Å². The maximum absolute atomic E-state index is 13.4. The van der Waals surface area contributed by atoms with Crippen LogP contribution in [0.25, 0.3) is 21.9 Å². The van der Waals surface area contributed by atoms with Gasteiger partial charge in [0.1, 0.15) is 11.3 Å². The number of fused-ring (bicyclic) bond motifs is 2. The Morgan fingerprint density at radius 2 is 1.70 bits per heavy atom. The molecule has 33 heavy (non-hydrogen) atoms. The number of nitrogens with one attached hydrogen (secondary N) is 4. The lowest BCUT2D eigenvalue weighted by Crippen LogP contribution is -2.19. The van der Waals surface area contributed by atoms with E-state index in [0.29, 0.717) is 39.1 Å². The topological polar surface area (TPSA) is 112 Å². The number of imidazole rings is 1. The van der Waals surface area contributed by atoms with E-state index in [4.69, 9.17) is 4.74 Å². The maximum Gasteiger partial charge on any atom is 0.325 e. The summed E-state index contributed by atoms with van der Waals surface area (Å²) in [5.41, 5.74) is 0.990. The molecule has 10 heteroatoms. The van der Waals surface area contributed by atoms with Crippen LogP contribution in [0.1, 0.15) is 0 Å². The molecule has 0 unspecified atom stereocenters. The minimum absolute atomic E-state index is 0.109. The fraction of sp³-hybridized carbons (Fsp3) is 0. The normalized spacial score (nSPS) is 11.0. The zero-order valence-electron chi connectivity index (χ0n) is 16.8. The number of rotatable bonds is 4. The smallest absolute Gasteiger partial charge is 0.325 e. The summed E-state index contributed by atoms with van der Waals surface area (Å²) in [6, 6.07) is 14.7. The van der Waals surface area contributed by atoms with E-state index in [1.807, 2.05) is 12.1 Å². The molecule has 0 saturated heterocycles. The molecule has 0 aliphatic rings. The van der Waals surface area contributed by atoms with Gasteiger partial charge in [-0.3, -0.25) is 4.98 Å². The number of benzene rings is 3. The van der Waals surface area contributed by atoms with Crippen LogP contribution in [0, 0.1) is 11.6 Å². The van der Waals surface area contributed by atoms with E-state index < -0.39 is 23.4 Å². The predicted octanol–water partition coefficient (Wildman–Crippen LogP) is 5.12. The summed E-state index contributed by atoms with van der Waals surface area (Å²) in [4.78, 5) is 33.4. The van der Waals surface area contributed by atoms with E-state index in [-0.39, 0.29) is 5.69 Å². The minimum atomic E-state index is -1.06. The molecular weight excluding hydrogens is 432 g/mol. The highest BCUT2D eigenvalue weighted by Gasteiger charge is 2.13. The second kappa shape index (κ2) is 8.08. The Labute approximate surface area is 184 Å². The molecule has 5 aromatic rings. The van der Waals surface area contributed by atoms with Crippen molar-refractivity contribution >= 4 is 39.3 Å².